The minimum Gasteiger partial charge on any atom is -0.208 e. The van der Waals surface area contributed by atoms with Crippen LogP contribution in [0.2, 0.25) is 5.28 Å². The van der Waals surface area contributed by atoms with E-state index in [0.717, 1.165) is 11.1 Å². The van der Waals surface area contributed by atoms with Crippen LogP contribution in [0.3, 0.4) is 0 Å². The molecule has 0 unspecified atom stereocenters. The molecule has 3 rings (SSSR count). The summed E-state index contributed by atoms with van der Waals surface area (Å²) in [4.78, 5) is 12.7. The van der Waals surface area contributed by atoms with E-state index in [-0.39, 0.29) is 5.28 Å². The van der Waals surface area contributed by atoms with E-state index in [0.29, 0.717) is 17.2 Å². The second kappa shape index (κ2) is 5.70. The van der Waals surface area contributed by atoms with Gasteiger partial charge in [-0.25, -0.2) is 4.98 Å². The number of benzene rings is 2. The van der Waals surface area contributed by atoms with Crippen molar-refractivity contribution in [3.63, 3.8) is 0 Å². The van der Waals surface area contributed by atoms with Crippen molar-refractivity contribution in [2.75, 3.05) is 0 Å². The quantitative estimate of drug-likeness (QED) is 0.722. The first-order valence-electron chi connectivity index (χ1n) is 6.24. The predicted octanol–water partition coefficient (Wildman–Crippen LogP) is 3.73. The van der Waals surface area contributed by atoms with Crippen molar-refractivity contribution < 1.29 is 0 Å². The van der Waals surface area contributed by atoms with Gasteiger partial charge in [-0.15, -0.1) is 0 Å². The van der Waals surface area contributed by atoms with E-state index in [1.807, 2.05) is 36.4 Å². The van der Waals surface area contributed by atoms with Gasteiger partial charge < -0.3 is 0 Å². The van der Waals surface area contributed by atoms with Crippen molar-refractivity contribution in [1.82, 2.24) is 15.0 Å². The summed E-state index contributed by atoms with van der Waals surface area (Å²) in [6, 6.07) is 18.7. The summed E-state index contributed by atoms with van der Waals surface area (Å²) in [6.45, 7) is 0. The number of nitriles is 1. The molecule has 1 heterocycles. The number of rotatable bonds is 2. The second-order valence-corrected chi connectivity index (χ2v) is 4.65. The van der Waals surface area contributed by atoms with Crippen molar-refractivity contribution in [2.24, 2.45) is 0 Å². The molecule has 0 N–H and O–H groups in total. The molecule has 4 nitrogen and oxygen atoms in total. The molecule has 100 valence electrons. The maximum absolute atomic E-state index is 8.97. The van der Waals surface area contributed by atoms with Gasteiger partial charge in [0.2, 0.25) is 5.28 Å². The van der Waals surface area contributed by atoms with Crippen LogP contribution in [0, 0.1) is 11.3 Å². The van der Waals surface area contributed by atoms with Crippen molar-refractivity contribution >= 4 is 11.6 Å². The molecule has 0 aliphatic heterocycles. The van der Waals surface area contributed by atoms with Gasteiger partial charge in [-0.2, -0.15) is 15.2 Å². The van der Waals surface area contributed by atoms with E-state index in [1.165, 1.54) is 0 Å². The van der Waals surface area contributed by atoms with Crippen molar-refractivity contribution in [1.29, 1.82) is 5.26 Å². The lowest BCUT2D eigenvalue weighted by Gasteiger charge is -2.04. The van der Waals surface area contributed by atoms with Crippen LogP contribution in [-0.2, 0) is 0 Å². The monoisotopic (exact) mass is 292 g/mol. The highest BCUT2D eigenvalue weighted by Gasteiger charge is 2.09. The first-order chi connectivity index (χ1) is 10.3. The Bertz CT molecular complexity index is 825. The van der Waals surface area contributed by atoms with Crippen LogP contribution in [0.4, 0.5) is 0 Å². The van der Waals surface area contributed by atoms with Gasteiger partial charge in [0.25, 0.3) is 0 Å². The Balaban J connectivity index is 2.12. The molecule has 0 fully saturated rings. The topological polar surface area (TPSA) is 62.5 Å². The highest BCUT2D eigenvalue weighted by molar-refractivity contribution is 6.28. The molecule has 2 aromatic carbocycles. The third-order valence-electron chi connectivity index (χ3n) is 2.89. The summed E-state index contributed by atoms with van der Waals surface area (Å²) < 4.78 is 0. The van der Waals surface area contributed by atoms with E-state index in [9.17, 15) is 0 Å². The Labute approximate surface area is 126 Å². The summed E-state index contributed by atoms with van der Waals surface area (Å²) in [5.74, 6) is 0.957. The molecular weight excluding hydrogens is 284 g/mol. The summed E-state index contributed by atoms with van der Waals surface area (Å²) >= 11 is 6.00. The molecule has 5 heteroatoms. The van der Waals surface area contributed by atoms with Gasteiger partial charge in [0, 0.05) is 11.1 Å². The highest BCUT2D eigenvalue weighted by Crippen LogP contribution is 2.22. The molecule has 1 aromatic heterocycles. The normalized spacial score (nSPS) is 10.1. The van der Waals surface area contributed by atoms with Crippen LogP contribution in [-0.4, -0.2) is 15.0 Å². The van der Waals surface area contributed by atoms with E-state index in [4.69, 9.17) is 16.9 Å². The van der Waals surface area contributed by atoms with Crippen LogP contribution in [0.25, 0.3) is 22.8 Å². The largest absolute Gasteiger partial charge is 0.226 e. The number of halogens is 1. The summed E-state index contributed by atoms with van der Waals surface area (Å²) in [5, 5.41) is 9.09. The molecule has 0 saturated carbocycles. The smallest absolute Gasteiger partial charge is 0.208 e. The number of hydrogen-bond acceptors (Lipinski definition) is 4. The Morgan fingerprint density at radius 1 is 0.810 bits per heavy atom. The lowest BCUT2D eigenvalue weighted by molar-refractivity contribution is 1.07. The molecule has 0 radical (unpaired) electrons. The average Bonchev–Trinajstić information content (AvgIpc) is 2.55. The van der Waals surface area contributed by atoms with E-state index in [1.54, 1.807) is 18.2 Å². The molecule has 0 spiro atoms. The summed E-state index contributed by atoms with van der Waals surface area (Å²) in [6.07, 6.45) is 0. The van der Waals surface area contributed by atoms with Crippen LogP contribution in [0.15, 0.2) is 54.6 Å². The standard InChI is InChI=1S/C16H9ClN4/c17-16-20-14(12-6-2-1-3-7-12)19-15(21-16)13-8-4-5-11(9-13)10-18/h1-9H. The third kappa shape index (κ3) is 2.88. The van der Waals surface area contributed by atoms with E-state index < -0.39 is 0 Å². The van der Waals surface area contributed by atoms with Gasteiger partial charge in [-0.3, -0.25) is 0 Å². The number of nitrogens with zero attached hydrogens (tertiary/aromatic N) is 4. The van der Waals surface area contributed by atoms with Crippen molar-refractivity contribution in [3.8, 4) is 28.8 Å². The lowest BCUT2D eigenvalue weighted by atomic mass is 10.1. The second-order valence-electron chi connectivity index (χ2n) is 4.31. The van der Waals surface area contributed by atoms with Gasteiger partial charge in [-0.1, -0.05) is 42.5 Å². The number of aromatic nitrogens is 3. The molecular formula is C16H9ClN4. The van der Waals surface area contributed by atoms with Crippen LogP contribution >= 0.6 is 11.6 Å². The summed E-state index contributed by atoms with van der Waals surface area (Å²) in [7, 11) is 0. The third-order valence-corrected chi connectivity index (χ3v) is 3.06. The maximum Gasteiger partial charge on any atom is 0.226 e. The first kappa shape index (κ1) is 13.2. The minimum atomic E-state index is 0.126. The Morgan fingerprint density at radius 2 is 1.48 bits per heavy atom. The Hall–Kier alpha value is -2.77. The predicted molar refractivity (Wildman–Crippen MR) is 80.4 cm³/mol. The molecule has 0 aliphatic carbocycles. The molecule has 0 aliphatic rings. The van der Waals surface area contributed by atoms with Crippen LogP contribution in [0.5, 0.6) is 0 Å². The Kier molecular flexibility index (Phi) is 3.59. The zero-order valence-electron chi connectivity index (χ0n) is 10.9. The highest BCUT2D eigenvalue weighted by atomic mass is 35.5. The molecule has 0 atom stereocenters. The lowest BCUT2D eigenvalue weighted by Crippen LogP contribution is -1.97. The zero-order chi connectivity index (χ0) is 14.7. The average molecular weight is 293 g/mol. The van der Waals surface area contributed by atoms with Crippen LogP contribution in [0.1, 0.15) is 5.56 Å². The van der Waals surface area contributed by atoms with Gasteiger partial charge in [-0.05, 0) is 23.7 Å². The summed E-state index contributed by atoms with van der Waals surface area (Å²) in [5.41, 5.74) is 2.14. The molecule has 0 saturated heterocycles. The van der Waals surface area contributed by atoms with Gasteiger partial charge in [0.1, 0.15) is 0 Å². The van der Waals surface area contributed by atoms with Crippen molar-refractivity contribution in [2.45, 2.75) is 0 Å². The van der Waals surface area contributed by atoms with E-state index >= 15 is 0 Å². The van der Waals surface area contributed by atoms with E-state index in [2.05, 4.69) is 21.0 Å². The van der Waals surface area contributed by atoms with Crippen LogP contribution < -0.4 is 0 Å². The maximum atomic E-state index is 8.97. The fraction of sp³-hybridized carbons (Fsp3) is 0. The molecule has 0 bridgehead atoms. The molecule has 3 aromatic rings. The SMILES string of the molecule is N#Cc1cccc(-c2nc(Cl)nc(-c3ccccc3)n2)c1. The molecule has 0 amide bonds. The number of hydrogen-bond donors (Lipinski definition) is 0. The van der Waals surface area contributed by atoms with Gasteiger partial charge in [0.05, 0.1) is 11.6 Å². The molecule has 21 heavy (non-hydrogen) atoms. The van der Waals surface area contributed by atoms with Gasteiger partial charge >= 0.3 is 0 Å². The van der Waals surface area contributed by atoms with Gasteiger partial charge in [0.15, 0.2) is 11.6 Å². The fourth-order valence-corrected chi connectivity index (χ4v) is 2.08. The first-order valence-corrected chi connectivity index (χ1v) is 6.61. The minimum absolute atomic E-state index is 0.126. The fourth-order valence-electron chi connectivity index (χ4n) is 1.92. The zero-order valence-corrected chi connectivity index (χ0v) is 11.6. The Morgan fingerprint density at radius 3 is 2.19 bits per heavy atom. The van der Waals surface area contributed by atoms with Crippen molar-refractivity contribution in [3.05, 3.63) is 65.4 Å².